The molecule has 7 nitrogen and oxygen atoms in total. The molecule has 0 saturated heterocycles. The van der Waals surface area contributed by atoms with E-state index in [9.17, 15) is 19.2 Å². The van der Waals surface area contributed by atoms with Crippen LogP contribution in [0, 0.1) is 6.92 Å². The molecule has 1 aliphatic heterocycles. The molecule has 1 N–H and O–H groups in total. The molecule has 0 bridgehead atoms. The van der Waals surface area contributed by atoms with Gasteiger partial charge in [-0.25, -0.2) is 0 Å². The van der Waals surface area contributed by atoms with Crippen LogP contribution in [0.5, 0.6) is 0 Å². The van der Waals surface area contributed by atoms with Gasteiger partial charge in [-0.3, -0.25) is 24.1 Å². The minimum atomic E-state index is -0.718. The van der Waals surface area contributed by atoms with Crippen molar-refractivity contribution in [1.82, 2.24) is 15.1 Å². The second kappa shape index (κ2) is 13.2. The predicted octanol–water partition coefficient (Wildman–Crippen LogP) is 4.93. The molecular weight excluding hydrogens is 502 g/mol. The van der Waals surface area contributed by atoms with Gasteiger partial charge in [-0.15, -0.1) is 0 Å². The molecule has 0 fully saturated rings. The number of nitrogens with one attached hydrogen (secondary N) is 1. The topological polar surface area (TPSA) is 86.8 Å². The van der Waals surface area contributed by atoms with Crippen LogP contribution in [0.1, 0.15) is 70.5 Å². The van der Waals surface area contributed by atoms with Gasteiger partial charge in [-0.05, 0) is 49.9 Å². The van der Waals surface area contributed by atoms with E-state index in [0.717, 1.165) is 23.1 Å². The lowest BCUT2D eigenvalue weighted by atomic mass is 10.0. The Kier molecular flexibility index (Phi) is 9.48. The number of rotatable bonds is 12. The van der Waals surface area contributed by atoms with Crippen molar-refractivity contribution in [2.75, 3.05) is 6.54 Å². The Morgan fingerprint density at radius 1 is 0.850 bits per heavy atom. The molecule has 4 rings (SSSR count). The average Bonchev–Trinajstić information content (AvgIpc) is 3.21. The molecule has 3 aromatic carbocycles. The van der Waals surface area contributed by atoms with E-state index < -0.39 is 6.04 Å². The second-order valence-corrected chi connectivity index (χ2v) is 10.4. The van der Waals surface area contributed by atoms with Crippen molar-refractivity contribution in [2.45, 2.75) is 65.1 Å². The van der Waals surface area contributed by atoms with Gasteiger partial charge in [-0.2, -0.15) is 0 Å². The number of imide groups is 1. The summed E-state index contributed by atoms with van der Waals surface area (Å²) in [6.45, 7) is 6.37. The first-order chi connectivity index (χ1) is 19.3. The first kappa shape index (κ1) is 28.7. The van der Waals surface area contributed by atoms with E-state index in [1.165, 1.54) is 4.90 Å². The lowest BCUT2D eigenvalue weighted by Gasteiger charge is -2.32. The van der Waals surface area contributed by atoms with Crippen LogP contribution in [0.15, 0.2) is 78.9 Å². The minimum absolute atomic E-state index is 0.0316. The number of fused-ring (bicyclic) bond motifs is 1. The van der Waals surface area contributed by atoms with E-state index in [2.05, 4.69) is 5.32 Å². The number of carbonyl (C=O) groups excluding carboxylic acids is 4. The largest absolute Gasteiger partial charge is 0.352 e. The fourth-order valence-electron chi connectivity index (χ4n) is 4.86. The molecule has 1 aliphatic rings. The van der Waals surface area contributed by atoms with Crippen molar-refractivity contribution in [1.29, 1.82) is 0 Å². The van der Waals surface area contributed by atoms with Crippen LogP contribution in [-0.4, -0.2) is 52.1 Å². The third-order valence-corrected chi connectivity index (χ3v) is 7.40. The highest BCUT2D eigenvalue weighted by molar-refractivity contribution is 6.21. The molecular formula is C33H37N3O4. The molecule has 0 spiro atoms. The van der Waals surface area contributed by atoms with Crippen LogP contribution in [0.3, 0.4) is 0 Å². The Labute approximate surface area is 236 Å². The minimum Gasteiger partial charge on any atom is -0.352 e. The lowest BCUT2D eigenvalue weighted by Crippen LogP contribution is -2.52. The third-order valence-electron chi connectivity index (χ3n) is 7.40. The highest BCUT2D eigenvalue weighted by Gasteiger charge is 2.35. The molecule has 4 amide bonds. The van der Waals surface area contributed by atoms with Gasteiger partial charge in [0.25, 0.3) is 11.8 Å². The van der Waals surface area contributed by atoms with Crippen molar-refractivity contribution >= 4 is 23.6 Å². The molecule has 0 radical (unpaired) electrons. The maximum absolute atomic E-state index is 13.8. The summed E-state index contributed by atoms with van der Waals surface area (Å²) in [4.78, 5) is 55.8. The fourth-order valence-corrected chi connectivity index (χ4v) is 4.86. The lowest BCUT2D eigenvalue weighted by molar-refractivity contribution is -0.141. The Bertz CT molecular complexity index is 1320. The quantitative estimate of drug-likeness (QED) is 0.331. The third kappa shape index (κ3) is 6.84. The smallest absolute Gasteiger partial charge is 0.261 e. The van der Waals surface area contributed by atoms with Crippen molar-refractivity contribution in [2.24, 2.45) is 0 Å². The first-order valence-corrected chi connectivity index (χ1v) is 13.9. The summed E-state index contributed by atoms with van der Waals surface area (Å²) in [6, 6.07) is 23.6. The summed E-state index contributed by atoms with van der Waals surface area (Å²) in [5.74, 6) is -1.06. The van der Waals surface area contributed by atoms with Gasteiger partial charge in [-0.1, -0.05) is 79.2 Å². The summed E-state index contributed by atoms with van der Waals surface area (Å²) in [5.41, 5.74) is 3.78. The Morgan fingerprint density at radius 3 is 2.05 bits per heavy atom. The number of nitrogens with zero attached hydrogens (tertiary/aromatic N) is 2. The number of benzene rings is 3. The SMILES string of the molecule is CCC(C)NC(=O)C(Cc1ccccc1)N(Cc1ccc(C)cc1)C(=O)CCCN1C(=O)c2ccccc2C1=O. The van der Waals surface area contributed by atoms with Crippen LogP contribution in [0.4, 0.5) is 0 Å². The van der Waals surface area contributed by atoms with Crippen LogP contribution < -0.4 is 5.32 Å². The Hall–Kier alpha value is -4.26. The number of hydrogen-bond donors (Lipinski definition) is 1. The highest BCUT2D eigenvalue weighted by atomic mass is 16.2. The summed E-state index contributed by atoms with van der Waals surface area (Å²) < 4.78 is 0. The van der Waals surface area contributed by atoms with Gasteiger partial charge in [0.05, 0.1) is 11.1 Å². The summed E-state index contributed by atoms with van der Waals surface area (Å²) in [7, 11) is 0. The van der Waals surface area contributed by atoms with E-state index in [1.807, 2.05) is 75.4 Å². The van der Waals surface area contributed by atoms with Gasteiger partial charge in [0.1, 0.15) is 6.04 Å². The summed E-state index contributed by atoms with van der Waals surface area (Å²) in [6.07, 6.45) is 1.55. The standard InChI is InChI=1S/C33H37N3O4/c1-4-24(3)34-31(38)29(21-25-11-6-5-7-12-25)36(22-26-18-16-23(2)17-19-26)30(37)15-10-20-35-32(39)27-13-8-9-14-28(27)33(35)40/h5-9,11-14,16-19,24,29H,4,10,15,20-22H2,1-3H3,(H,34,38). The monoisotopic (exact) mass is 539 g/mol. The van der Waals surface area contributed by atoms with Gasteiger partial charge in [0, 0.05) is 32.0 Å². The van der Waals surface area contributed by atoms with Crippen molar-refractivity contribution in [3.63, 3.8) is 0 Å². The number of hydrogen-bond acceptors (Lipinski definition) is 4. The van der Waals surface area contributed by atoms with E-state index >= 15 is 0 Å². The van der Waals surface area contributed by atoms with E-state index in [1.54, 1.807) is 29.2 Å². The maximum atomic E-state index is 13.8. The van der Waals surface area contributed by atoms with Crippen LogP contribution in [-0.2, 0) is 22.6 Å². The molecule has 0 aliphatic carbocycles. The second-order valence-electron chi connectivity index (χ2n) is 10.4. The van der Waals surface area contributed by atoms with E-state index in [4.69, 9.17) is 0 Å². The zero-order valence-electron chi connectivity index (χ0n) is 23.4. The zero-order valence-corrected chi connectivity index (χ0v) is 23.4. The number of aryl methyl sites for hydroxylation is 1. The van der Waals surface area contributed by atoms with Crippen molar-refractivity contribution in [3.8, 4) is 0 Å². The molecule has 1 heterocycles. The maximum Gasteiger partial charge on any atom is 0.261 e. The van der Waals surface area contributed by atoms with E-state index in [0.29, 0.717) is 24.0 Å². The molecule has 0 saturated carbocycles. The molecule has 0 aromatic heterocycles. The number of carbonyl (C=O) groups is 4. The zero-order chi connectivity index (χ0) is 28.6. The molecule has 2 unspecified atom stereocenters. The molecule has 40 heavy (non-hydrogen) atoms. The molecule has 2 atom stereocenters. The van der Waals surface area contributed by atoms with Crippen LogP contribution in [0.2, 0.25) is 0 Å². The molecule has 3 aromatic rings. The van der Waals surface area contributed by atoms with Gasteiger partial charge >= 0.3 is 0 Å². The summed E-state index contributed by atoms with van der Waals surface area (Å²) >= 11 is 0. The van der Waals surface area contributed by atoms with E-state index in [-0.39, 0.29) is 49.2 Å². The van der Waals surface area contributed by atoms with Gasteiger partial charge in [0.15, 0.2) is 0 Å². The first-order valence-electron chi connectivity index (χ1n) is 13.9. The highest BCUT2D eigenvalue weighted by Crippen LogP contribution is 2.23. The van der Waals surface area contributed by atoms with Crippen molar-refractivity contribution < 1.29 is 19.2 Å². The molecule has 7 heteroatoms. The normalized spacial score (nSPS) is 14.0. The molecule has 208 valence electrons. The predicted molar refractivity (Wildman–Crippen MR) is 155 cm³/mol. The average molecular weight is 540 g/mol. The van der Waals surface area contributed by atoms with Crippen LogP contribution in [0.25, 0.3) is 0 Å². The Morgan fingerprint density at radius 2 is 1.45 bits per heavy atom. The van der Waals surface area contributed by atoms with Crippen LogP contribution >= 0.6 is 0 Å². The van der Waals surface area contributed by atoms with Crippen molar-refractivity contribution in [3.05, 3.63) is 107 Å². The van der Waals surface area contributed by atoms with Gasteiger partial charge in [0.2, 0.25) is 11.8 Å². The fraction of sp³-hybridized carbons (Fsp3) is 0.333. The number of amides is 4. The Balaban J connectivity index is 1.54. The van der Waals surface area contributed by atoms with Gasteiger partial charge < -0.3 is 10.2 Å². The summed E-state index contributed by atoms with van der Waals surface area (Å²) in [5, 5.41) is 3.07.